The van der Waals surface area contributed by atoms with Crippen molar-refractivity contribution in [2.24, 2.45) is 0 Å². The topological polar surface area (TPSA) is 84.4 Å². The molecule has 0 saturated heterocycles. The van der Waals surface area contributed by atoms with Crippen molar-refractivity contribution in [1.29, 1.82) is 0 Å². The van der Waals surface area contributed by atoms with Gasteiger partial charge in [-0.05, 0) is 70.0 Å². The maximum atomic E-state index is 13.7. The molecule has 0 radical (unpaired) electrons. The van der Waals surface area contributed by atoms with Crippen molar-refractivity contribution in [2.75, 3.05) is 18.2 Å². The monoisotopic (exact) mass is 506 g/mol. The number of aryl methyl sites for hydroxylation is 3. The van der Waals surface area contributed by atoms with E-state index in [1.807, 2.05) is 65.0 Å². The number of methoxy groups -OCH3 is 1. The van der Waals surface area contributed by atoms with Crippen LogP contribution >= 0.6 is 11.8 Å². The quantitative estimate of drug-likeness (QED) is 0.295. The predicted molar refractivity (Wildman–Crippen MR) is 144 cm³/mol. The number of rotatable bonds is 10. The Labute approximate surface area is 217 Å². The number of hydrogen-bond donors (Lipinski definition) is 1. The smallest absolute Gasteiger partial charge is 0.250 e. The van der Waals surface area contributed by atoms with Crippen molar-refractivity contribution in [3.63, 3.8) is 0 Å². The van der Waals surface area contributed by atoms with E-state index in [0.29, 0.717) is 29.6 Å². The van der Waals surface area contributed by atoms with Gasteiger partial charge >= 0.3 is 0 Å². The molecule has 0 saturated carbocycles. The van der Waals surface area contributed by atoms with E-state index in [-0.39, 0.29) is 17.6 Å². The van der Waals surface area contributed by atoms with Gasteiger partial charge in [0.15, 0.2) is 5.16 Å². The summed E-state index contributed by atoms with van der Waals surface area (Å²) in [7, 11) is 1.59. The third-order valence-corrected chi connectivity index (χ3v) is 7.00. The molecule has 1 N–H and O–H groups in total. The number of carbonyl (C=O) groups is 2. The zero-order chi connectivity index (χ0) is 26.3. The molecule has 0 aliphatic heterocycles. The van der Waals surface area contributed by atoms with Crippen LogP contribution in [0.15, 0.2) is 59.8 Å². The SMILES string of the molecule is CCC(C)(C(=O)Nc1ccc(OC)cc1)N(Cc1ccc(C)cc1)C(=O)CSc1nc(C)cc(C)n1. The number of nitrogens with zero attached hydrogens (tertiary/aromatic N) is 3. The van der Waals surface area contributed by atoms with Crippen LogP contribution < -0.4 is 10.1 Å². The van der Waals surface area contributed by atoms with E-state index >= 15 is 0 Å². The Morgan fingerprint density at radius 3 is 2.17 bits per heavy atom. The first kappa shape index (κ1) is 27.2. The number of ether oxygens (including phenoxy) is 1. The van der Waals surface area contributed by atoms with Crippen molar-refractivity contribution in [2.45, 2.75) is 58.3 Å². The molecule has 1 aromatic heterocycles. The second-order valence-electron chi connectivity index (χ2n) is 9.00. The number of carbonyl (C=O) groups excluding carboxylic acids is 2. The molecule has 1 unspecified atom stereocenters. The van der Waals surface area contributed by atoms with Gasteiger partial charge < -0.3 is 15.0 Å². The van der Waals surface area contributed by atoms with Crippen LogP contribution in [0.5, 0.6) is 5.75 Å². The summed E-state index contributed by atoms with van der Waals surface area (Å²) >= 11 is 1.29. The summed E-state index contributed by atoms with van der Waals surface area (Å²) in [5.41, 5.74) is 3.36. The highest BCUT2D eigenvalue weighted by Gasteiger charge is 2.40. The highest BCUT2D eigenvalue weighted by molar-refractivity contribution is 7.99. The molecule has 1 atom stereocenters. The van der Waals surface area contributed by atoms with E-state index in [2.05, 4.69) is 15.3 Å². The maximum absolute atomic E-state index is 13.7. The van der Waals surface area contributed by atoms with Crippen LogP contribution in [0.4, 0.5) is 5.69 Å². The summed E-state index contributed by atoms with van der Waals surface area (Å²) in [6.07, 6.45) is 0.442. The fourth-order valence-electron chi connectivity index (χ4n) is 3.79. The van der Waals surface area contributed by atoms with Gasteiger partial charge in [0.2, 0.25) is 11.8 Å². The minimum atomic E-state index is -1.08. The summed E-state index contributed by atoms with van der Waals surface area (Å²) in [6, 6.07) is 17.0. The minimum Gasteiger partial charge on any atom is -0.497 e. The van der Waals surface area contributed by atoms with Crippen LogP contribution in [-0.4, -0.2) is 45.1 Å². The standard InChI is InChI=1S/C28H34N4O3S/c1-7-28(5,26(34)31-23-12-14-24(35-6)15-13-23)32(17-22-10-8-19(2)9-11-22)25(33)18-36-27-29-20(3)16-21(4)30-27/h8-16H,7,17-18H2,1-6H3,(H,31,34). The largest absolute Gasteiger partial charge is 0.497 e. The Morgan fingerprint density at radius 2 is 1.61 bits per heavy atom. The highest BCUT2D eigenvalue weighted by atomic mass is 32.2. The maximum Gasteiger partial charge on any atom is 0.250 e. The number of nitrogens with one attached hydrogen (secondary N) is 1. The third-order valence-electron chi connectivity index (χ3n) is 6.17. The lowest BCUT2D eigenvalue weighted by atomic mass is 9.93. The van der Waals surface area contributed by atoms with Gasteiger partial charge in [-0.15, -0.1) is 0 Å². The first-order valence-electron chi connectivity index (χ1n) is 11.9. The fourth-order valence-corrected chi connectivity index (χ4v) is 4.62. The van der Waals surface area contributed by atoms with Crippen LogP contribution in [-0.2, 0) is 16.1 Å². The molecule has 1 heterocycles. The number of amides is 2. The van der Waals surface area contributed by atoms with E-state index < -0.39 is 5.54 Å². The van der Waals surface area contributed by atoms with Gasteiger partial charge in [0.05, 0.1) is 12.9 Å². The molecular formula is C28H34N4O3S. The van der Waals surface area contributed by atoms with E-state index in [1.54, 1.807) is 36.3 Å². The zero-order valence-electron chi connectivity index (χ0n) is 21.8. The van der Waals surface area contributed by atoms with Gasteiger partial charge in [0.1, 0.15) is 11.3 Å². The molecule has 0 aliphatic rings. The number of hydrogen-bond acceptors (Lipinski definition) is 6. The summed E-state index contributed by atoms with van der Waals surface area (Å²) in [6.45, 7) is 9.88. The summed E-state index contributed by atoms with van der Waals surface area (Å²) in [5.74, 6) is 0.425. The molecule has 3 rings (SSSR count). The molecule has 190 valence electrons. The van der Waals surface area contributed by atoms with E-state index in [9.17, 15) is 9.59 Å². The van der Waals surface area contributed by atoms with Crippen LogP contribution in [0.2, 0.25) is 0 Å². The molecule has 3 aromatic rings. The zero-order valence-corrected chi connectivity index (χ0v) is 22.6. The molecule has 0 spiro atoms. The Bertz CT molecular complexity index is 1180. The third kappa shape index (κ3) is 6.85. The van der Waals surface area contributed by atoms with Gasteiger partial charge in [-0.25, -0.2) is 9.97 Å². The lowest BCUT2D eigenvalue weighted by molar-refractivity contribution is -0.143. The van der Waals surface area contributed by atoms with Gasteiger partial charge in [0.25, 0.3) is 0 Å². The molecule has 2 amide bonds. The molecule has 0 fully saturated rings. The normalized spacial score (nSPS) is 12.5. The van der Waals surface area contributed by atoms with Gasteiger partial charge in [-0.2, -0.15) is 0 Å². The summed E-state index contributed by atoms with van der Waals surface area (Å²) < 4.78 is 5.21. The molecule has 2 aromatic carbocycles. The number of aromatic nitrogens is 2. The Hall–Kier alpha value is -3.39. The Balaban J connectivity index is 1.87. The Kier molecular flexibility index (Phi) is 9.09. The van der Waals surface area contributed by atoms with Gasteiger partial charge in [0, 0.05) is 23.6 Å². The van der Waals surface area contributed by atoms with Crippen molar-refractivity contribution in [3.8, 4) is 5.75 Å². The first-order valence-corrected chi connectivity index (χ1v) is 12.9. The number of anilines is 1. The number of benzene rings is 2. The second-order valence-corrected chi connectivity index (χ2v) is 9.94. The average molecular weight is 507 g/mol. The summed E-state index contributed by atoms with van der Waals surface area (Å²) in [5, 5.41) is 3.54. The molecule has 36 heavy (non-hydrogen) atoms. The molecular weight excluding hydrogens is 472 g/mol. The average Bonchev–Trinajstić information content (AvgIpc) is 2.86. The minimum absolute atomic E-state index is 0.125. The number of thioether (sulfide) groups is 1. The molecule has 0 aliphatic carbocycles. The van der Waals surface area contributed by atoms with Crippen LogP contribution in [0, 0.1) is 20.8 Å². The Morgan fingerprint density at radius 1 is 1.00 bits per heavy atom. The van der Waals surface area contributed by atoms with Crippen LogP contribution in [0.25, 0.3) is 0 Å². The highest BCUT2D eigenvalue weighted by Crippen LogP contribution is 2.27. The van der Waals surface area contributed by atoms with Crippen molar-refractivity contribution < 1.29 is 14.3 Å². The molecule has 7 nitrogen and oxygen atoms in total. The van der Waals surface area contributed by atoms with E-state index in [0.717, 1.165) is 22.5 Å². The van der Waals surface area contributed by atoms with Gasteiger partial charge in [-0.3, -0.25) is 9.59 Å². The van der Waals surface area contributed by atoms with Crippen molar-refractivity contribution >= 4 is 29.3 Å². The molecule has 0 bridgehead atoms. The van der Waals surface area contributed by atoms with E-state index in [4.69, 9.17) is 4.74 Å². The molecule has 8 heteroatoms. The lowest BCUT2D eigenvalue weighted by Crippen LogP contribution is -2.57. The second kappa shape index (κ2) is 12.0. The van der Waals surface area contributed by atoms with Crippen LogP contribution in [0.1, 0.15) is 42.8 Å². The fraction of sp³-hybridized carbons (Fsp3) is 0.357. The summed E-state index contributed by atoms with van der Waals surface area (Å²) in [4.78, 5) is 37.8. The lowest BCUT2D eigenvalue weighted by Gasteiger charge is -2.39. The van der Waals surface area contributed by atoms with Crippen molar-refractivity contribution in [1.82, 2.24) is 14.9 Å². The predicted octanol–water partition coefficient (Wildman–Crippen LogP) is 5.34. The van der Waals surface area contributed by atoms with Gasteiger partial charge in [-0.1, -0.05) is 48.5 Å². The first-order chi connectivity index (χ1) is 17.1. The van der Waals surface area contributed by atoms with Crippen molar-refractivity contribution in [3.05, 3.63) is 77.1 Å². The van der Waals surface area contributed by atoms with Crippen LogP contribution in [0.3, 0.4) is 0 Å². The van der Waals surface area contributed by atoms with E-state index in [1.165, 1.54) is 11.8 Å².